The first-order chi connectivity index (χ1) is 9.17. The van der Waals surface area contributed by atoms with Gasteiger partial charge >= 0.3 is 0 Å². The van der Waals surface area contributed by atoms with E-state index in [9.17, 15) is 0 Å². The fourth-order valence-electron chi connectivity index (χ4n) is 2.12. The lowest BCUT2D eigenvalue weighted by atomic mass is 10.0. The molecule has 1 saturated carbocycles. The van der Waals surface area contributed by atoms with E-state index in [1.54, 1.807) is 7.11 Å². The summed E-state index contributed by atoms with van der Waals surface area (Å²) in [5.41, 5.74) is 6.71. The second-order valence-corrected chi connectivity index (χ2v) is 5.11. The summed E-state index contributed by atoms with van der Waals surface area (Å²) in [5, 5.41) is 11.6. The largest absolute Gasteiger partial charge is 0.497 e. The van der Waals surface area contributed by atoms with E-state index in [0.29, 0.717) is 19.6 Å². The van der Waals surface area contributed by atoms with Crippen LogP contribution < -0.4 is 10.5 Å². The van der Waals surface area contributed by atoms with Crippen molar-refractivity contribution >= 4 is 5.84 Å². The molecular weight excluding hydrogens is 244 g/mol. The first kappa shape index (κ1) is 13.7. The molecule has 1 fully saturated rings. The minimum absolute atomic E-state index is 0.0786. The number of rotatable bonds is 7. The van der Waals surface area contributed by atoms with Crippen LogP contribution in [0, 0.1) is 5.41 Å². The lowest BCUT2D eigenvalue weighted by molar-refractivity contribution is 0.0799. The second-order valence-electron chi connectivity index (χ2n) is 5.11. The van der Waals surface area contributed by atoms with E-state index in [-0.39, 0.29) is 11.3 Å². The lowest BCUT2D eigenvalue weighted by Crippen LogP contribution is -2.21. The molecule has 1 aliphatic rings. The predicted molar refractivity (Wildman–Crippen MR) is 72.3 cm³/mol. The van der Waals surface area contributed by atoms with E-state index in [1.807, 2.05) is 24.3 Å². The van der Waals surface area contributed by atoms with Crippen LogP contribution in [-0.2, 0) is 11.3 Å². The SMILES string of the molecule is COc1cccc(COCC2(CC(N)=NO)CC2)c1. The van der Waals surface area contributed by atoms with Crippen LogP contribution in [0.4, 0.5) is 0 Å². The van der Waals surface area contributed by atoms with E-state index in [0.717, 1.165) is 24.2 Å². The van der Waals surface area contributed by atoms with Crippen LogP contribution in [0.1, 0.15) is 24.8 Å². The van der Waals surface area contributed by atoms with Crippen molar-refractivity contribution in [3.63, 3.8) is 0 Å². The number of methoxy groups -OCH3 is 1. The van der Waals surface area contributed by atoms with Crippen LogP contribution >= 0.6 is 0 Å². The Hall–Kier alpha value is -1.75. The minimum Gasteiger partial charge on any atom is -0.497 e. The Labute approximate surface area is 113 Å². The number of benzene rings is 1. The average Bonchev–Trinajstić information content (AvgIpc) is 3.18. The van der Waals surface area contributed by atoms with Gasteiger partial charge < -0.3 is 20.4 Å². The summed E-state index contributed by atoms with van der Waals surface area (Å²) >= 11 is 0. The number of nitrogens with zero attached hydrogens (tertiary/aromatic N) is 1. The first-order valence-corrected chi connectivity index (χ1v) is 6.34. The monoisotopic (exact) mass is 264 g/mol. The third-order valence-electron chi connectivity index (χ3n) is 3.45. The molecule has 0 heterocycles. The zero-order valence-corrected chi connectivity index (χ0v) is 11.1. The van der Waals surface area contributed by atoms with Crippen LogP contribution in [0.25, 0.3) is 0 Å². The van der Waals surface area contributed by atoms with E-state index in [1.165, 1.54) is 0 Å². The highest BCUT2D eigenvalue weighted by Gasteiger charge is 2.43. The molecule has 3 N–H and O–H groups in total. The number of ether oxygens (including phenoxy) is 2. The second kappa shape index (κ2) is 5.93. The van der Waals surface area contributed by atoms with Gasteiger partial charge in [0.15, 0.2) is 0 Å². The van der Waals surface area contributed by atoms with Gasteiger partial charge in [-0.05, 0) is 30.5 Å². The minimum atomic E-state index is 0.0786. The normalized spacial score (nSPS) is 17.2. The topological polar surface area (TPSA) is 77.1 Å². The Morgan fingerprint density at radius 3 is 2.89 bits per heavy atom. The number of hydrogen-bond donors (Lipinski definition) is 2. The highest BCUT2D eigenvalue weighted by molar-refractivity contribution is 5.80. The van der Waals surface area contributed by atoms with Crippen LogP contribution in [0.5, 0.6) is 5.75 Å². The third-order valence-corrected chi connectivity index (χ3v) is 3.45. The Morgan fingerprint density at radius 1 is 1.47 bits per heavy atom. The number of nitrogens with two attached hydrogens (primary N) is 1. The average molecular weight is 264 g/mol. The Morgan fingerprint density at radius 2 is 2.26 bits per heavy atom. The molecule has 1 aromatic rings. The highest BCUT2D eigenvalue weighted by Crippen LogP contribution is 2.49. The summed E-state index contributed by atoms with van der Waals surface area (Å²) in [6.45, 7) is 1.19. The third kappa shape index (κ3) is 3.86. The van der Waals surface area contributed by atoms with Crippen molar-refractivity contribution in [1.29, 1.82) is 0 Å². The Balaban J connectivity index is 1.80. The molecule has 1 aromatic carbocycles. The quantitative estimate of drug-likeness (QED) is 0.342. The molecule has 0 saturated heterocycles. The molecule has 1 aliphatic carbocycles. The molecule has 19 heavy (non-hydrogen) atoms. The van der Waals surface area contributed by atoms with E-state index < -0.39 is 0 Å². The Bertz CT molecular complexity index is 456. The molecule has 0 aromatic heterocycles. The molecular formula is C14H20N2O3. The summed E-state index contributed by atoms with van der Waals surface area (Å²) in [7, 11) is 1.65. The molecule has 0 spiro atoms. The molecule has 0 aliphatic heterocycles. The predicted octanol–water partition coefficient (Wildman–Crippen LogP) is 2.13. The highest BCUT2D eigenvalue weighted by atomic mass is 16.5. The van der Waals surface area contributed by atoms with Crippen LogP contribution in [-0.4, -0.2) is 24.8 Å². The van der Waals surface area contributed by atoms with E-state index in [2.05, 4.69) is 5.16 Å². The number of amidine groups is 1. The van der Waals surface area contributed by atoms with Crippen molar-refractivity contribution in [2.24, 2.45) is 16.3 Å². The van der Waals surface area contributed by atoms with Crippen molar-refractivity contribution in [2.75, 3.05) is 13.7 Å². The first-order valence-electron chi connectivity index (χ1n) is 6.34. The van der Waals surface area contributed by atoms with Gasteiger partial charge in [-0.25, -0.2) is 0 Å². The maximum Gasteiger partial charge on any atom is 0.139 e. The van der Waals surface area contributed by atoms with Gasteiger partial charge in [0.25, 0.3) is 0 Å². The molecule has 2 rings (SSSR count). The van der Waals surface area contributed by atoms with E-state index >= 15 is 0 Å². The zero-order chi connectivity index (χ0) is 13.7. The molecule has 0 unspecified atom stereocenters. The summed E-state index contributed by atoms with van der Waals surface area (Å²) < 4.78 is 10.9. The van der Waals surface area contributed by atoms with Crippen molar-refractivity contribution in [3.05, 3.63) is 29.8 Å². The molecule has 0 atom stereocenters. The molecule has 104 valence electrons. The maximum absolute atomic E-state index is 8.60. The fourth-order valence-corrected chi connectivity index (χ4v) is 2.12. The summed E-state index contributed by atoms with van der Waals surface area (Å²) in [4.78, 5) is 0. The van der Waals surface area contributed by atoms with Gasteiger partial charge in [0.1, 0.15) is 11.6 Å². The van der Waals surface area contributed by atoms with Gasteiger partial charge in [-0.1, -0.05) is 17.3 Å². The van der Waals surface area contributed by atoms with Crippen LogP contribution in [0.3, 0.4) is 0 Å². The van der Waals surface area contributed by atoms with Gasteiger partial charge in [0.2, 0.25) is 0 Å². The van der Waals surface area contributed by atoms with Crippen molar-refractivity contribution in [1.82, 2.24) is 0 Å². The number of hydrogen-bond acceptors (Lipinski definition) is 4. The summed E-state index contributed by atoms with van der Waals surface area (Å²) in [6, 6.07) is 7.82. The molecule has 5 heteroatoms. The smallest absolute Gasteiger partial charge is 0.139 e. The molecule has 5 nitrogen and oxygen atoms in total. The van der Waals surface area contributed by atoms with Crippen LogP contribution in [0.2, 0.25) is 0 Å². The number of oxime groups is 1. The lowest BCUT2D eigenvalue weighted by Gasteiger charge is -2.14. The van der Waals surface area contributed by atoms with Gasteiger partial charge in [-0.15, -0.1) is 0 Å². The maximum atomic E-state index is 8.60. The Kier molecular flexibility index (Phi) is 4.27. The standard InChI is InChI=1S/C14H20N2O3/c1-18-12-4-2-3-11(7-12)9-19-10-14(5-6-14)8-13(15)16-17/h2-4,7,17H,5-6,8-10H2,1H3,(H2,15,16). The fraction of sp³-hybridized carbons (Fsp3) is 0.500. The van der Waals surface area contributed by atoms with Gasteiger partial charge in [-0.2, -0.15) is 0 Å². The molecule has 0 radical (unpaired) electrons. The molecule has 0 amide bonds. The summed E-state index contributed by atoms with van der Waals surface area (Å²) in [6.07, 6.45) is 2.74. The van der Waals surface area contributed by atoms with Crippen LogP contribution in [0.15, 0.2) is 29.4 Å². The summed E-state index contributed by atoms with van der Waals surface area (Å²) in [5.74, 6) is 1.11. The van der Waals surface area contributed by atoms with E-state index in [4.69, 9.17) is 20.4 Å². The molecule has 0 bridgehead atoms. The van der Waals surface area contributed by atoms with Crippen molar-refractivity contribution < 1.29 is 14.7 Å². The van der Waals surface area contributed by atoms with Gasteiger partial charge in [0, 0.05) is 11.8 Å². The van der Waals surface area contributed by atoms with Gasteiger partial charge in [0.05, 0.1) is 20.3 Å². The van der Waals surface area contributed by atoms with Gasteiger partial charge in [-0.3, -0.25) is 0 Å². The van der Waals surface area contributed by atoms with Crippen molar-refractivity contribution in [2.45, 2.75) is 25.9 Å². The van der Waals surface area contributed by atoms with Crippen molar-refractivity contribution in [3.8, 4) is 5.75 Å². The zero-order valence-electron chi connectivity index (χ0n) is 11.1.